The second-order valence-electron chi connectivity index (χ2n) is 5.31. The highest BCUT2D eigenvalue weighted by Crippen LogP contribution is 2.30. The van der Waals surface area contributed by atoms with Gasteiger partial charge in [0.25, 0.3) is 0 Å². The van der Waals surface area contributed by atoms with Gasteiger partial charge in [-0.05, 0) is 12.8 Å². The van der Waals surface area contributed by atoms with E-state index in [1.165, 1.54) is 0 Å². The average molecular weight is 295 g/mol. The molecule has 4 heterocycles. The molecule has 7 nitrogen and oxygen atoms in total. The predicted octanol–water partition coefficient (Wildman–Crippen LogP) is 0.739. The molecule has 20 heavy (non-hydrogen) atoms. The largest absolute Gasteiger partial charge is 0.381 e. The lowest BCUT2D eigenvalue weighted by atomic mass is 10.1. The van der Waals surface area contributed by atoms with Gasteiger partial charge in [0.05, 0.1) is 18.8 Å². The summed E-state index contributed by atoms with van der Waals surface area (Å²) < 4.78 is 12.7. The number of ether oxygens (including phenoxy) is 2. The van der Waals surface area contributed by atoms with E-state index >= 15 is 0 Å². The van der Waals surface area contributed by atoms with Crippen LogP contribution in [0.4, 0.5) is 0 Å². The Balaban J connectivity index is 1.62. The molecule has 2 aliphatic heterocycles. The molecule has 2 saturated heterocycles. The van der Waals surface area contributed by atoms with Gasteiger partial charge in [-0.1, -0.05) is 11.3 Å². The number of nitrogens with zero attached hydrogens (tertiary/aromatic N) is 4. The summed E-state index contributed by atoms with van der Waals surface area (Å²) in [6.45, 7) is 2.40. The first-order valence-electron chi connectivity index (χ1n) is 6.91. The number of rotatable bonds is 3. The number of fused-ring (bicyclic) bond motifs is 1. The van der Waals surface area contributed by atoms with Crippen molar-refractivity contribution in [1.29, 1.82) is 0 Å². The van der Waals surface area contributed by atoms with Crippen LogP contribution < -0.4 is 5.32 Å². The Bertz CT molecular complexity index is 606. The second kappa shape index (κ2) is 5.03. The van der Waals surface area contributed by atoms with Gasteiger partial charge in [0.1, 0.15) is 5.01 Å². The summed E-state index contributed by atoms with van der Waals surface area (Å²) in [5.74, 6) is 1.25. The Morgan fingerprint density at radius 2 is 2.40 bits per heavy atom. The topological polar surface area (TPSA) is 73.6 Å². The number of aromatic nitrogens is 4. The molecule has 2 aromatic rings. The molecular weight excluding hydrogens is 278 g/mol. The Labute approximate surface area is 120 Å². The fourth-order valence-electron chi connectivity index (χ4n) is 2.85. The first kappa shape index (κ1) is 12.6. The van der Waals surface area contributed by atoms with Crippen molar-refractivity contribution in [3.8, 4) is 0 Å². The average Bonchev–Trinajstić information content (AvgIpc) is 3.20. The van der Waals surface area contributed by atoms with Gasteiger partial charge in [0, 0.05) is 26.2 Å². The highest BCUT2D eigenvalue weighted by atomic mass is 32.1. The van der Waals surface area contributed by atoms with Crippen LogP contribution in [0.1, 0.15) is 35.6 Å². The van der Waals surface area contributed by atoms with Crippen LogP contribution in [0.5, 0.6) is 0 Å². The van der Waals surface area contributed by atoms with Crippen molar-refractivity contribution in [2.24, 2.45) is 0 Å². The number of hydrogen-bond acceptors (Lipinski definition) is 7. The molecule has 0 saturated carbocycles. The summed E-state index contributed by atoms with van der Waals surface area (Å²) in [4.78, 5) is 0.865. The van der Waals surface area contributed by atoms with Crippen LogP contribution in [-0.4, -0.2) is 52.8 Å². The molecule has 4 rings (SSSR count). The molecule has 2 fully saturated rings. The van der Waals surface area contributed by atoms with Gasteiger partial charge in [0.2, 0.25) is 4.96 Å². The van der Waals surface area contributed by atoms with Gasteiger partial charge in [-0.3, -0.25) is 0 Å². The highest BCUT2D eigenvalue weighted by Gasteiger charge is 2.30. The number of nitrogens with one attached hydrogen (secondary N) is 1. The van der Waals surface area contributed by atoms with E-state index in [2.05, 4.69) is 15.5 Å². The molecule has 2 aliphatic rings. The van der Waals surface area contributed by atoms with E-state index in [0.29, 0.717) is 5.92 Å². The molecule has 0 aliphatic carbocycles. The maximum Gasteiger partial charge on any atom is 0.234 e. The van der Waals surface area contributed by atoms with Crippen molar-refractivity contribution in [2.75, 3.05) is 26.9 Å². The standard InChI is InChI=1S/C12H17N5O2S/c1-18-8-4-9(13-5-8)11-16-17-10(7-2-3-19-6-7)14-15-12(17)20-11/h7-9,13H,2-6H2,1H3. The van der Waals surface area contributed by atoms with Crippen molar-refractivity contribution in [2.45, 2.75) is 30.9 Å². The Hall–Kier alpha value is -1.09. The van der Waals surface area contributed by atoms with E-state index in [0.717, 1.165) is 48.4 Å². The lowest BCUT2D eigenvalue weighted by molar-refractivity contribution is 0.117. The SMILES string of the molecule is COC1CNC(c2nn3c(C4CCOC4)nnc3s2)C1. The fourth-order valence-corrected chi connectivity index (χ4v) is 3.79. The molecule has 108 valence electrons. The molecule has 0 spiro atoms. The van der Waals surface area contributed by atoms with Crippen LogP contribution in [0.2, 0.25) is 0 Å². The third-order valence-electron chi connectivity index (χ3n) is 4.05. The Morgan fingerprint density at radius 1 is 1.45 bits per heavy atom. The molecule has 0 aromatic carbocycles. The van der Waals surface area contributed by atoms with Gasteiger partial charge in [-0.25, -0.2) is 0 Å². The summed E-state index contributed by atoms with van der Waals surface area (Å²) in [7, 11) is 1.76. The molecule has 0 radical (unpaired) electrons. The third kappa shape index (κ3) is 2.03. The van der Waals surface area contributed by atoms with Crippen LogP contribution in [0.25, 0.3) is 4.96 Å². The molecule has 0 bridgehead atoms. The van der Waals surface area contributed by atoms with E-state index in [4.69, 9.17) is 14.6 Å². The Kier molecular flexibility index (Phi) is 3.18. The highest BCUT2D eigenvalue weighted by molar-refractivity contribution is 7.16. The minimum absolute atomic E-state index is 0.263. The maximum absolute atomic E-state index is 5.43. The van der Waals surface area contributed by atoms with Crippen LogP contribution in [0, 0.1) is 0 Å². The number of hydrogen-bond donors (Lipinski definition) is 1. The van der Waals surface area contributed by atoms with E-state index in [-0.39, 0.29) is 12.1 Å². The van der Waals surface area contributed by atoms with Gasteiger partial charge in [-0.15, -0.1) is 10.2 Å². The zero-order valence-electron chi connectivity index (χ0n) is 11.3. The van der Waals surface area contributed by atoms with Crippen LogP contribution in [0.3, 0.4) is 0 Å². The van der Waals surface area contributed by atoms with Crippen LogP contribution in [-0.2, 0) is 9.47 Å². The Morgan fingerprint density at radius 3 is 3.15 bits per heavy atom. The molecular formula is C12H17N5O2S. The van der Waals surface area contributed by atoms with Gasteiger partial charge in [-0.2, -0.15) is 9.61 Å². The van der Waals surface area contributed by atoms with E-state index in [9.17, 15) is 0 Å². The van der Waals surface area contributed by atoms with E-state index in [1.807, 2.05) is 4.52 Å². The predicted molar refractivity (Wildman–Crippen MR) is 73.0 cm³/mol. The summed E-state index contributed by atoms with van der Waals surface area (Å²) in [6, 6.07) is 0.263. The zero-order valence-corrected chi connectivity index (χ0v) is 12.1. The van der Waals surface area contributed by atoms with Crippen molar-refractivity contribution < 1.29 is 9.47 Å². The first-order valence-corrected chi connectivity index (χ1v) is 7.72. The minimum Gasteiger partial charge on any atom is -0.381 e. The summed E-state index contributed by atoms with van der Waals surface area (Å²) in [6.07, 6.45) is 2.24. The smallest absolute Gasteiger partial charge is 0.234 e. The summed E-state index contributed by atoms with van der Waals surface area (Å²) >= 11 is 1.61. The minimum atomic E-state index is 0.263. The third-order valence-corrected chi connectivity index (χ3v) is 5.06. The molecule has 8 heteroatoms. The van der Waals surface area contributed by atoms with Gasteiger partial charge < -0.3 is 14.8 Å². The lowest BCUT2D eigenvalue weighted by Crippen LogP contribution is -2.16. The fraction of sp³-hybridized carbons (Fsp3) is 0.750. The van der Waals surface area contributed by atoms with Crippen LogP contribution >= 0.6 is 11.3 Å². The van der Waals surface area contributed by atoms with E-state index in [1.54, 1.807) is 18.4 Å². The van der Waals surface area contributed by atoms with Crippen molar-refractivity contribution >= 4 is 16.3 Å². The molecule has 3 atom stereocenters. The zero-order chi connectivity index (χ0) is 13.5. The number of methoxy groups -OCH3 is 1. The molecule has 0 amide bonds. The van der Waals surface area contributed by atoms with Gasteiger partial charge >= 0.3 is 0 Å². The monoisotopic (exact) mass is 295 g/mol. The van der Waals surface area contributed by atoms with Gasteiger partial charge in [0.15, 0.2) is 5.82 Å². The summed E-state index contributed by atoms with van der Waals surface area (Å²) in [5.41, 5.74) is 0. The molecule has 2 aromatic heterocycles. The van der Waals surface area contributed by atoms with Crippen molar-refractivity contribution in [1.82, 2.24) is 25.1 Å². The molecule has 3 unspecified atom stereocenters. The van der Waals surface area contributed by atoms with Crippen molar-refractivity contribution in [3.05, 3.63) is 10.8 Å². The quantitative estimate of drug-likeness (QED) is 0.900. The van der Waals surface area contributed by atoms with E-state index < -0.39 is 0 Å². The lowest BCUT2D eigenvalue weighted by Gasteiger charge is -2.06. The maximum atomic E-state index is 5.43. The normalized spacial score (nSPS) is 30.6. The first-order chi connectivity index (χ1) is 9.85. The van der Waals surface area contributed by atoms with Crippen molar-refractivity contribution in [3.63, 3.8) is 0 Å². The summed E-state index contributed by atoms with van der Waals surface area (Å²) in [5, 5.41) is 17.7. The molecule has 1 N–H and O–H groups in total. The van der Waals surface area contributed by atoms with Crippen LogP contribution in [0.15, 0.2) is 0 Å². The second-order valence-corrected chi connectivity index (χ2v) is 6.30.